The lowest BCUT2D eigenvalue weighted by molar-refractivity contribution is 0.602. The van der Waals surface area contributed by atoms with Gasteiger partial charge < -0.3 is 4.57 Å². The molecule has 0 atom stereocenters. The predicted molar refractivity (Wildman–Crippen MR) is 73.9 cm³/mol. The lowest BCUT2D eigenvalue weighted by Gasteiger charge is -2.09. The second-order valence-corrected chi connectivity index (χ2v) is 5.97. The molecule has 1 heterocycles. The van der Waals surface area contributed by atoms with Crippen LogP contribution in [0.2, 0.25) is 0 Å². The molecule has 0 amide bonds. The highest BCUT2D eigenvalue weighted by molar-refractivity contribution is 7.92. The fourth-order valence-corrected chi connectivity index (χ4v) is 2.97. The van der Waals surface area contributed by atoms with Crippen LogP contribution in [-0.4, -0.2) is 24.6 Å². The van der Waals surface area contributed by atoms with Crippen molar-refractivity contribution in [2.24, 2.45) is 0 Å². The predicted octanol–water partition coefficient (Wildman–Crippen LogP) is 2.46. The van der Waals surface area contributed by atoms with Gasteiger partial charge in [0.1, 0.15) is 0 Å². The molecule has 2 rings (SSSR count). The molecule has 96 valence electrons. The van der Waals surface area contributed by atoms with Crippen LogP contribution in [0.1, 0.15) is 0 Å². The molecular formula is C12H13ClN2O2S. The van der Waals surface area contributed by atoms with Crippen LogP contribution in [0.15, 0.2) is 48.8 Å². The van der Waals surface area contributed by atoms with E-state index in [4.69, 9.17) is 11.6 Å². The van der Waals surface area contributed by atoms with E-state index >= 15 is 0 Å². The molecule has 6 heteroatoms. The summed E-state index contributed by atoms with van der Waals surface area (Å²) in [6, 6.07) is 11.0. The van der Waals surface area contributed by atoms with E-state index in [-0.39, 0.29) is 11.6 Å². The van der Waals surface area contributed by atoms with Crippen molar-refractivity contribution in [3.63, 3.8) is 0 Å². The third-order valence-electron chi connectivity index (χ3n) is 2.37. The van der Waals surface area contributed by atoms with Gasteiger partial charge in [-0.1, -0.05) is 6.07 Å². The second kappa shape index (κ2) is 5.46. The zero-order valence-corrected chi connectivity index (χ0v) is 11.2. The number of hydrogen-bond acceptors (Lipinski definition) is 2. The van der Waals surface area contributed by atoms with Crippen LogP contribution in [0, 0.1) is 0 Å². The Balaban J connectivity index is 2.23. The van der Waals surface area contributed by atoms with Crippen molar-refractivity contribution in [2.45, 2.75) is 0 Å². The average molecular weight is 285 g/mol. The van der Waals surface area contributed by atoms with Gasteiger partial charge in [0.05, 0.1) is 11.4 Å². The molecule has 4 nitrogen and oxygen atoms in total. The maximum Gasteiger partial charge on any atom is 0.233 e. The molecule has 0 unspecified atom stereocenters. The second-order valence-electron chi connectivity index (χ2n) is 3.75. The Hall–Kier alpha value is -1.46. The molecule has 2 aromatic rings. The first kappa shape index (κ1) is 13.0. The SMILES string of the molecule is O=S(=O)(CCCl)Nc1cccc(-n2cccc2)c1. The first-order valence-electron chi connectivity index (χ1n) is 5.40. The van der Waals surface area contributed by atoms with Crippen LogP contribution >= 0.6 is 11.6 Å². The number of hydrogen-bond donors (Lipinski definition) is 1. The Kier molecular flexibility index (Phi) is 3.93. The number of anilines is 1. The fraction of sp³-hybridized carbons (Fsp3) is 0.167. The van der Waals surface area contributed by atoms with Crippen LogP contribution in [0.3, 0.4) is 0 Å². The summed E-state index contributed by atoms with van der Waals surface area (Å²) in [5.74, 6) is -0.0189. The number of alkyl halides is 1. The molecule has 0 radical (unpaired) electrons. The first-order chi connectivity index (χ1) is 8.61. The van der Waals surface area contributed by atoms with Crippen molar-refractivity contribution in [2.75, 3.05) is 16.4 Å². The summed E-state index contributed by atoms with van der Waals surface area (Å²) in [5.41, 5.74) is 1.43. The van der Waals surface area contributed by atoms with Gasteiger partial charge in [0, 0.05) is 24.0 Å². The maximum atomic E-state index is 11.6. The summed E-state index contributed by atoms with van der Waals surface area (Å²) in [6.07, 6.45) is 3.79. The van der Waals surface area contributed by atoms with E-state index in [0.717, 1.165) is 5.69 Å². The van der Waals surface area contributed by atoms with Crippen molar-refractivity contribution in [3.8, 4) is 5.69 Å². The number of nitrogens with zero attached hydrogens (tertiary/aromatic N) is 1. The lowest BCUT2D eigenvalue weighted by Crippen LogP contribution is -2.17. The van der Waals surface area contributed by atoms with Crippen LogP contribution in [0.5, 0.6) is 0 Å². The van der Waals surface area contributed by atoms with Crippen molar-refractivity contribution in [1.29, 1.82) is 0 Å². The van der Waals surface area contributed by atoms with Gasteiger partial charge in [-0.15, -0.1) is 11.6 Å². The van der Waals surface area contributed by atoms with Crippen LogP contribution < -0.4 is 4.72 Å². The van der Waals surface area contributed by atoms with Gasteiger partial charge in [-0.05, 0) is 30.3 Å². The zero-order valence-electron chi connectivity index (χ0n) is 9.58. The van der Waals surface area contributed by atoms with Gasteiger partial charge in [-0.3, -0.25) is 4.72 Å². The van der Waals surface area contributed by atoms with E-state index in [1.165, 1.54) is 0 Å². The van der Waals surface area contributed by atoms with Gasteiger partial charge in [0.15, 0.2) is 0 Å². The minimum absolute atomic E-state index is 0.0760. The number of rotatable bonds is 5. The molecule has 18 heavy (non-hydrogen) atoms. The summed E-state index contributed by atoms with van der Waals surface area (Å²) in [4.78, 5) is 0. The van der Waals surface area contributed by atoms with Gasteiger partial charge in [-0.2, -0.15) is 0 Å². The molecule has 0 aliphatic rings. The Bertz CT molecular complexity index is 609. The molecule has 0 spiro atoms. The summed E-state index contributed by atoms with van der Waals surface area (Å²) in [7, 11) is -3.36. The monoisotopic (exact) mass is 284 g/mol. The van der Waals surface area contributed by atoms with Crippen LogP contribution in [0.4, 0.5) is 5.69 Å². The van der Waals surface area contributed by atoms with E-state index in [1.54, 1.807) is 18.2 Å². The van der Waals surface area contributed by atoms with Crippen molar-refractivity contribution >= 4 is 27.3 Å². The molecule has 1 N–H and O–H groups in total. The Morgan fingerprint density at radius 2 is 1.89 bits per heavy atom. The van der Waals surface area contributed by atoms with Crippen LogP contribution in [-0.2, 0) is 10.0 Å². The normalized spacial score (nSPS) is 11.4. The van der Waals surface area contributed by atoms with Gasteiger partial charge in [-0.25, -0.2) is 8.42 Å². The van der Waals surface area contributed by atoms with Crippen LogP contribution in [0.25, 0.3) is 5.69 Å². The highest BCUT2D eigenvalue weighted by atomic mass is 35.5. The molecule has 0 saturated carbocycles. The van der Waals surface area contributed by atoms with Crippen molar-refractivity contribution < 1.29 is 8.42 Å². The van der Waals surface area contributed by atoms with Crippen molar-refractivity contribution in [1.82, 2.24) is 4.57 Å². The summed E-state index contributed by atoms with van der Waals surface area (Å²) in [5, 5.41) is 0. The largest absolute Gasteiger partial charge is 0.324 e. The quantitative estimate of drug-likeness (QED) is 0.858. The molecule has 0 aliphatic heterocycles. The highest BCUT2D eigenvalue weighted by Crippen LogP contribution is 2.16. The summed E-state index contributed by atoms with van der Waals surface area (Å²) >= 11 is 5.44. The molecule has 1 aromatic carbocycles. The van der Waals surface area contributed by atoms with Gasteiger partial charge >= 0.3 is 0 Å². The molecule has 0 aliphatic carbocycles. The highest BCUT2D eigenvalue weighted by Gasteiger charge is 2.09. The van der Waals surface area contributed by atoms with Gasteiger partial charge in [0.2, 0.25) is 10.0 Å². The average Bonchev–Trinajstić information content (AvgIpc) is 2.81. The topological polar surface area (TPSA) is 51.1 Å². The van der Waals surface area contributed by atoms with E-state index < -0.39 is 10.0 Å². The molecule has 0 fully saturated rings. The Labute approximate surface area is 111 Å². The summed E-state index contributed by atoms with van der Waals surface area (Å²) in [6.45, 7) is 0. The third kappa shape index (κ3) is 3.27. The minimum atomic E-state index is -3.36. The maximum absolute atomic E-state index is 11.6. The molecule has 0 saturated heterocycles. The third-order valence-corrected chi connectivity index (χ3v) is 4.07. The van der Waals surface area contributed by atoms with E-state index in [0.29, 0.717) is 5.69 Å². The zero-order chi connectivity index (χ0) is 13.0. The van der Waals surface area contributed by atoms with Crippen molar-refractivity contribution in [3.05, 3.63) is 48.8 Å². The van der Waals surface area contributed by atoms with E-state index in [2.05, 4.69) is 4.72 Å². The smallest absolute Gasteiger partial charge is 0.233 e. The molecule has 1 aromatic heterocycles. The lowest BCUT2D eigenvalue weighted by atomic mass is 10.3. The molecule has 0 bridgehead atoms. The Morgan fingerprint density at radius 3 is 2.56 bits per heavy atom. The number of halogens is 1. The number of sulfonamides is 1. The molecular weight excluding hydrogens is 272 g/mol. The standard InChI is InChI=1S/C12H13ClN2O2S/c13-6-9-18(16,17)14-11-4-3-5-12(10-11)15-7-1-2-8-15/h1-5,7-8,10,14H,6,9H2. The number of aromatic nitrogens is 1. The summed E-state index contributed by atoms with van der Waals surface area (Å²) < 4.78 is 27.6. The van der Waals surface area contributed by atoms with E-state index in [1.807, 2.05) is 35.2 Å². The number of nitrogens with one attached hydrogen (secondary N) is 1. The first-order valence-corrected chi connectivity index (χ1v) is 7.59. The Morgan fingerprint density at radius 1 is 1.17 bits per heavy atom. The van der Waals surface area contributed by atoms with E-state index in [9.17, 15) is 8.42 Å². The minimum Gasteiger partial charge on any atom is -0.324 e. The van der Waals surface area contributed by atoms with Gasteiger partial charge in [0.25, 0.3) is 0 Å². The number of benzene rings is 1. The fourth-order valence-electron chi connectivity index (χ4n) is 1.57.